The number of ether oxygens (including phenoxy) is 1. The summed E-state index contributed by atoms with van der Waals surface area (Å²) in [5, 5.41) is 0.767. The number of rotatable bonds is 1. The van der Waals surface area contributed by atoms with Gasteiger partial charge in [0.05, 0.1) is 5.52 Å². The predicted molar refractivity (Wildman–Crippen MR) is 61.4 cm³/mol. The molecule has 0 bridgehead atoms. The number of fused-ring (bicyclic) bond motifs is 1. The second-order valence-electron chi connectivity index (χ2n) is 2.80. The van der Waals surface area contributed by atoms with Gasteiger partial charge in [0.2, 0.25) is 5.28 Å². The fraction of sp³-hybridized carbons (Fsp3) is 0. The lowest BCUT2D eigenvalue weighted by Gasteiger charge is -2.03. The first-order valence-electron chi connectivity index (χ1n) is 4.06. The molecule has 0 radical (unpaired) electrons. The van der Waals surface area contributed by atoms with Crippen LogP contribution in [0.2, 0.25) is 10.4 Å². The van der Waals surface area contributed by atoms with Crippen molar-refractivity contribution in [1.82, 2.24) is 9.97 Å². The smallest absolute Gasteiger partial charge is 0.409 e. The molecule has 1 aromatic carbocycles. The van der Waals surface area contributed by atoms with Crippen molar-refractivity contribution in [3.05, 3.63) is 28.6 Å². The summed E-state index contributed by atoms with van der Waals surface area (Å²) in [5.74, 6) is 0.264. The quantitative estimate of drug-likeness (QED) is 0.453. The van der Waals surface area contributed by atoms with Crippen molar-refractivity contribution in [2.24, 2.45) is 0 Å². The molecule has 2 rings (SSSR count). The maximum Gasteiger partial charge on any atom is 0.409 e. The van der Waals surface area contributed by atoms with E-state index in [1.54, 1.807) is 6.07 Å². The lowest BCUT2D eigenvalue weighted by molar-refractivity contribution is 0.225. The van der Waals surface area contributed by atoms with Gasteiger partial charge in [0, 0.05) is 17.0 Å². The van der Waals surface area contributed by atoms with Gasteiger partial charge in [-0.25, -0.2) is 14.8 Å². The number of nitrogens with zero attached hydrogens (tertiary/aromatic N) is 2. The van der Waals surface area contributed by atoms with Crippen molar-refractivity contribution >= 4 is 51.1 Å². The van der Waals surface area contributed by atoms with Crippen LogP contribution in [0.1, 0.15) is 0 Å². The van der Waals surface area contributed by atoms with Gasteiger partial charge >= 0.3 is 5.43 Å². The SMILES string of the molecule is O=C(Cl)Oc1ccc2nc(Cl)nc(Cl)c2c1. The van der Waals surface area contributed by atoms with Gasteiger partial charge in [-0.2, -0.15) is 0 Å². The van der Waals surface area contributed by atoms with E-state index in [4.69, 9.17) is 34.8 Å². The average Bonchev–Trinajstić information content (AvgIpc) is 2.18. The summed E-state index contributed by atoms with van der Waals surface area (Å²) in [5.41, 5.74) is -0.371. The van der Waals surface area contributed by atoms with E-state index in [0.29, 0.717) is 10.9 Å². The Labute approximate surface area is 105 Å². The molecule has 7 heteroatoms. The van der Waals surface area contributed by atoms with E-state index < -0.39 is 5.43 Å². The van der Waals surface area contributed by atoms with E-state index in [1.807, 2.05) is 0 Å². The minimum Gasteiger partial charge on any atom is -0.414 e. The van der Waals surface area contributed by atoms with Crippen LogP contribution in [0.5, 0.6) is 5.75 Å². The third-order valence-corrected chi connectivity index (χ3v) is 2.33. The van der Waals surface area contributed by atoms with E-state index in [9.17, 15) is 4.79 Å². The second-order valence-corrected chi connectivity index (χ2v) is 3.81. The zero-order chi connectivity index (χ0) is 11.7. The average molecular weight is 277 g/mol. The van der Waals surface area contributed by atoms with Crippen LogP contribution in [0.25, 0.3) is 10.9 Å². The molecule has 0 aliphatic rings. The van der Waals surface area contributed by atoms with Crippen molar-refractivity contribution < 1.29 is 9.53 Å². The zero-order valence-electron chi connectivity index (χ0n) is 7.58. The van der Waals surface area contributed by atoms with Crippen molar-refractivity contribution in [2.75, 3.05) is 0 Å². The second kappa shape index (κ2) is 4.41. The molecule has 0 N–H and O–H groups in total. The molecule has 16 heavy (non-hydrogen) atoms. The van der Waals surface area contributed by atoms with E-state index in [1.165, 1.54) is 12.1 Å². The fourth-order valence-corrected chi connectivity index (χ4v) is 1.74. The van der Waals surface area contributed by atoms with Crippen LogP contribution in [-0.4, -0.2) is 15.4 Å². The monoisotopic (exact) mass is 276 g/mol. The Kier molecular flexibility index (Phi) is 3.14. The van der Waals surface area contributed by atoms with Gasteiger partial charge in [0.15, 0.2) is 0 Å². The Balaban J connectivity index is 2.57. The highest BCUT2D eigenvalue weighted by atomic mass is 35.5. The van der Waals surface area contributed by atoms with Gasteiger partial charge in [-0.1, -0.05) is 11.6 Å². The van der Waals surface area contributed by atoms with Gasteiger partial charge in [0.25, 0.3) is 0 Å². The van der Waals surface area contributed by atoms with E-state index in [2.05, 4.69) is 14.7 Å². The van der Waals surface area contributed by atoms with Gasteiger partial charge in [-0.15, -0.1) is 0 Å². The molecule has 1 aromatic heterocycles. The van der Waals surface area contributed by atoms with Gasteiger partial charge < -0.3 is 4.74 Å². The first kappa shape index (κ1) is 11.4. The van der Waals surface area contributed by atoms with Crippen LogP contribution in [0, 0.1) is 0 Å². The molecule has 2 aromatic rings. The van der Waals surface area contributed by atoms with Crippen molar-refractivity contribution in [1.29, 1.82) is 0 Å². The zero-order valence-corrected chi connectivity index (χ0v) is 9.84. The highest BCUT2D eigenvalue weighted by Crippen LogP contribution is 2.26. The standard InChI is InChI=1S/C9H3Cl3N2O2/c10-7-5-3-4(16-9(12)15)1-2-6(5)13-8(11)14-7/h1-3H. The number of hydrogen-bond acceptors (Lipinski definition) is 4. The number of aromatic nitrogens is 2. The molecular formula is C9H3Cl3N2O2. The number of carbonyl (C=O) groups is 1. The molecular weight excluding hydrogens is 274 g/mol. The van der Waals surface area contributed by atoms with Crippen LogP contribution in [0.4, 0.5) is 4.79 Å². The molecule has 0 fully saturated rings. The summed E-state index contributed by atoms with van der Waals surface area (Å²) in [6, 6.07) is 4.64. The molecule has 0 aliphatic carbocycles. The number of benzene rings is 1. The highest BCUT2D eigenvalue weighted by Gasteiger charge is 2.07. The summed E-state index contributed by atoms with van der Waals surface area (Å²) in [4.78, 5) is 18.3. The summed E-state index contributed by atoms with van der Waals surface area (Å²) in [6.07, 6.45) is 0. The molecule has 0 atom stereocenters. The molecule has 4 nitrogen and oxygen atoms in total. The van der Waals surface area contributed by atoms with Crippen LogP contribution < -0.4 is 4.74 Å². The minimum absolute atomic E-state index is 0.0552. The van der Waals surface area contributed by atoms with Crippen LogP contribution >= 0.6 is 34.8 Å². The topological polar surface area (TPSA) is 52.1 Å². The van der Waals surface area contributed by atoms with E-state index in [0.717, 1.165) is 0 Å². The van der Waals surface area contributed by atoms with Gasteiger partial charge in [-0.3, -0.25) is 0 Å². The van der Waals surface area contributed by atoms with Gasteiger partial charge in [0.1, 0.15) is 10.9 Å². The summed E-state index contributed by atoms with van der Waals surface area (Å²) >= 11 is 16.6. The molecule has 82 valence electrons. The van der Waals surface area contributed by atoms with Crippen LogP contribution in [0.15, 0.2) is 18.2 Å². The first-order chi connectivity index (χ1) is 7.56. The van der Waals surface area contributed by atoms with Crippen LogP contribution in [-0.2, 0) is 0 Å². The lowest BCUT2D eigenvalue weighted by Crippen LogP contribution is -1.96. The summed E-state index contributed by atoms with van der Waals surface area (Å²) in [6.45, 7) is 0. The van der Waals surface area contributed by atoms with E-state index in [-0.39, 0.29) is 16.2 Å². The molecule has 1 heterocycles. The minimum atomic E-state index is -0.926. The number of halogens is 3. The van der Waals surface area contributed by atoms with Crippen molar-refractivity contribution in [2.45, 2.75) is 0 Å². The van der Waals surface area contributed by atoms with Crippen LogP contribution in [0.3, 0.4) is 0 Å². The highest BCUT2D eigenvalue weighted by molar-refractivity contribution is 6.61. The fourth-order valence-electron chi connectivity index (χ4n) is 1.20. The number of hydrogen-bond donors (Lipinski definition) is 0. The molecule has 0 saturated heterocycles. The Morgan fingerprint density at radius 2 is 2.00 bits per heavy atom. The Bertz CT molecular complexity index is 574. The maximum atomic E-state index is 10.5. The van der Waals surface area contributed by atoms with Crippen molar-refractivity contribution in [3.63, 3.8) is 0 Å². The molecule has 0 unspecified atom stereocenters. The molecule has 0 amide bonds. The van der Waals surface area contributed by atoms with Gasteiger partial charge in [-0.05, 0) is 29.8 Å². The summed E-state index contributed by atoms with van der Waals surface area (Å²) in [7, 11) is 0. The Morgan fingerprint density at radius 3 is 2.69 bits per heavy atom. The molecule has 0 aliphatic heterocycles. The van der Waals surface area contributed by atoms with E-state index >= 15 is 0 Å². The largest absolute Gasteiger partial charge is 0.414 e. The number of carbonyl (C=O) groups excluding carboxylic acids is 1. The summed E-state index contributed by atoms with van der Waals surface area (Å²) < 4.78 is 4.69. The Hall–Kier alpha value is -1.10. The maximum absolute atomic E-state index is 10.5. The Morgan fingerprint density at radius 1 is 1.25 bits per heavy atom. The molecule has 0 saturated carbocycles. The normalized spacial score (nSPS) is 10.4. The first-order valence-corrected chi connectivity index (χ1v) is 5.20. The predicted octanol–water partition coefficient (Wildman–Crippen LogP) is 3.67. The van der Waals surface area contributed by atoms with Crippen molar-refractivity contribution in [3.8, 4) is 5.75 Å². The molecule has 0 spiro atoms. The lowest BCUT2D eigenvalue weighted by atomic mass is 10.2. The third kappa shape index (κ3) is 2.35. The third-order valence-electron chi connectivity index (χ3n) is 1.79.